The van der Waals surface area contributed by atoms with Crippen molar-refractivity contribution >= 4 is 11.8 Å². The molecule has 6 nitrogen and oxygen atoms in total. The lowest BCUT2D eigenvalue weighted by molar-refractivity contribution is -0.129. The Hall–Kier alpha value is -3.64. The van der Waals surface area contributed by atoms with E-state index in [2.05, 4.69) is 16.0 Å². The lowest BCUT2D eigenvalue weighted by Gasteiger charge is -2.21. The summed E-state index contributed by atoms with van der Waals surface area (Å²) in [7, 11) is 0. The predicted octanol–water partition coefficient (Wildman–Crippen LogP) is 3.35. The number of hydrogen-bond acceptors (Lipinski definition) is 4. The molecule has 34 heavy (non-hydrogen) atoms. The number of benzene rings is 3. The molecule has 0 bridgehead atoms. The molecular formula is C28H33N3O3. The fourth-order valence-corrected chi connectivity index (χ4v) is 3.70. The average Bonchev–Trinajstić information content (AvgIpc) is 2.85. The van der Waals surface area contributed by atoms with Crippen LogP contribution in [0.25, 0.3) is 0 Å². The van der Waals surface area contributed by atoms with Crippen molar-refractivity contribution in [2.75, 3.05) is 6.54 Å². The number of nitrogens with one attached hydrogen (secondary N) is 3. The highest BCUT2D eigenvalue weighted by atomic mass is 16.3. The summed E-state index contributed by atoms with van der Waals surface area (Å²) in [6.45, 7) is 2.68. The molecule has 3 aromatic carbocycles. The van der Waals surface area contributed by atoms with Crippen molar-refractivity contribution in [2.45, 2.75) is 44.8 Å². The van der Waals surface area contributed by atoms with Gasteiger partial charge in [-0.3, -0.25) is 9.59 Å². The molecule has 3 aromatic rings. The molecule has 0 aliphatic heterocycles. The van der Waals surface area contributed by atoms with E-state index < -0.39 is 12.1 Å². The van der Waals surface area contributed by atoms with Crippen LogP contribution in [0.1, 0.15) is 30.0 Å². The smallest absolute Gasteiger partial charge is 0.242 e. The molecule has 178 valence electrons. The SMILES string of the molecule is C[C@H](NC(=O)[C@@H](CCc1ccccc1)NCCc1cccc(O)c1)C(=O)NCc1ccccc1. The second kappa shape index (κ2) is 13.2. The molecule has 6 heteroatoms. The first-order chi connectivity index (χ1) is 16.5. The maximum absolute atomic E-state index is 13.1. The standard InChI is InChI=1S/C28H33N3O3/c1-21(27(33)30-20-24-11-6-3-7-12-24)31-28(34)26(16-15-22-9-4-2-5-10-22)29-18-17-23-13-8-14-25(32)19-23/h2-14,19,21,26,29,32H,15-18,20H2,1H3,(H,30,33)(H,31,34)/t21-,26+/m0/s1. The lowest BCUT2D eigenvalue weighted by atomic mass is 10.0. The molecule has 0 saturated heterocycles. The summed E-state index contributed by atoms with van der Waals surface area (Å²) in [5.74, 6) is -0.195. The minimum absolute atomic E-state index is 0.200. The normalized spacial score (nSPS) is 12.5. The molecule has 0 radical (unpaired) electrons. The van der Waals surface area contributed by atoms with Crippen molar-refractivity contribution in [3.8, 4) is 5.75 Å². The van der Waals surface area contributed by atoms with Gasteiger partial charge in [-0.05, 0) is 61.6 Å². The van der Waals surface area contributed by atoms with Crippen LogP contribution >= 0.6 is 0 Å². The number of phenolic OH excluding ortho intramolecular Hbond substituents is 1. The summed E-state index contributed by atoms with van der Waals surface area (Å²) in [4.78, 5) is 25.6. The largest absolute Gasteiger partial charge is 0.508 e. The number of aromatic hydroxyl groups is 1. The van der Waals surface area contributed by atoms with Crippen LogP contribution in [0.2, 0.25) is 0 Å². The van der Waals surface area contributed by atoms with Gasteiger partial charge in [0.2, 0.25) is 11.8 Å². The first-order valence-corrected chi connectivity index (χ1v) is 11.7. The van der Waals surface area contributed by atoms with Gasteiger partial charge in [0, 0.05) is 6.54 Å². The first kappa shape index (κ1) is 25.0. The number of carbonyl (C=O) groups excluding carboxylic acids is 2. The summed E-state index contributed by atoms with van der Waals surface area (Å²) in [5, 5.41) is 18.7. The summed E-state index contributed by atoms with van der Waals surface area (Å²) in [5.41, 5.74) is 3.15. The topological polar surface area (TPSA) is 90.5 Å². The Morgan fingerprint density at radius 3 is 2.12 bits per heavy atom. The van der Waals surface area contributed by atoms with Gasteiger partial charge in [-0.25, -0.2) is 0 Å². The molecule has 0 fully saturated rings. The van der Waals surface area contributed by atoms with Gasteiger partial charge in [-0.2, -0.15) is 0 Å². The molecular weight excluding hydrogens is 426 g/mol. The van der Waals surface area contributed by atoms with Gasteiger partial charge in [0.05, 0.1) is 6.04 Å². The second-order valence-electron chi connectivity index (χ2n) is 8.38. The minimum Gasteiger partial charge on any atom is -0.508 e. The molecule has 0 spiro atoms. The fraction of sp³-hybridized carbons (Fsp3) is 0.286. The highest BCUT2D eigenvalue weighted by Gasteiger charge is 2.22. The third-order valence-electron chi connectivity index (χ3n) is 5.66. The molecule has 0 saturated carbocycles. The second-order valence-corrected chi connectivity index (χ2v) is 8.38. The molecule has 2 atom stereocenters. The number of carbonyl (C=O) groups is 2. The fourth-order valence-electron chi connectivity index (χ4n) is 3.70. The number of aryl methyl sites for hydroxylation is 1. The highest BCUT2D eigenvalue weighted by Crippen LogP contribution is 2.11. The zero-order valence-electron chi connectivity index (χ0n) is 19.5. The van der Waals surface area contributed by atoms with E-state index in [1.807, 2.05) is 66.7 Å². The van der Waals surface area contributed by atoms with Crippen LogP contribution in [0.5, 0.6) is 5.75 Å². The van der Waals surface area contributed by atoms with E-state index in [4.69, 9.17) is 0 Å². The van der Waals surface area contributed by atoms with Gasteiger partial charge < -0.3 is 21.1 Å². The quantitative estimate of drug-likeness (QED) is 0.334. The summed E-state index contributed by atoms with van der Waals surface area (Å²) in [6.07, 6.45) is 2.03. The van der Waals surface area contributed by atoms with E-state index in [9.17, 15) is 14.7 Å². The van der Waals surface area contributed by atoms with Crippen molar-refractivity contribution in [3.05, 3.63) is 102 Å². The van der Waals surface area contributed by atoms with Gasteiger partial charge in [-0.1, -0.05) is 72.8 Å². The number of amides is 2. The number of hydrogen-bond donors (Lipinski definition) is 4. The van der Waals surface area contributed by atoms with Gasteiger partial charge >= 0.3 is 0 Å². The maximum Gasteiger partial charge on any atom is 0.242 e. The Kier molecular flexibility index (Phi) is 9.67. The van der Waals surface area contributed by atoms with Crippen LogP contribution in [0.3, 0.4) is 0 Å². The van der Waals surface area contributed by atoms with E-state index in [0.717, 1.165) is 23.1 Å². The summed E-state index contributed by atoms with van der Waals surface area (Å²) in [6, 6.07) is 25.7. The molecule has 2 amide bonds. The first-order valence-electron chi connectivity index (χ1n) is 11.7. The molecule has 0 heterocycles. The predicted molar refractivity (Wildman–Crippen MR) is 134 cm³/mol. The average molecular weight is 460 g/mol. The zero-order chi connectivity index (χ0) is 24.2. The van der Waals surface area contributed by atoms with E-state index in [0.29, 0.717) is 25.9 Å². The zero-order valence-corrected chi connectivity index (χ0v) is 19.5. The van der Waals surface area contributed by atoms with Gasteiger partial charge in [0.15, 0.2) is 0 Å². The van der Waals surface area contributed by atoms with E-state index in [1.165, 1.54) is 0 Å². The van der Waals surface area contributed by atoms with Crippen molar-refractivity contribution < 1.29 is 14.7 Å². The molecule has 0 aliphatic rings. The van der Waals surface area contributed by atoms with Crippen molar-refractivity contribution in [2.24, 2.45) is 0 Å². The van der Waals surface area contributed by atoms with Crippen LogP contribution < -0.4 is 16.0 Å². The van der Waals surface area contributed by atoms with Crippen molar-refractivity contribution in [3.63, 3.8) is 0 Å². The van der Waals surface area contributed by atoms with Crippen molar-refractivity contribution in [1.29, 1.82) is 0 Å². The summed E-state index contributed by atoms with van der Waals surface area (Å²) >= 11 is 0. The third kappa shape index (κ3) is 8.37. The monoisotopic (exact) mass is 459 g/mol. The number of rotatable bonds is 12. The van der Waals surface area contributed by atoms with Crippen molar-refractivity contribution in [1.82, 2.24) is 16.0 Å². The van der Waals surface area contributed by atoms with Crippen LogP contribution in [-0.2, 0) is 29.0 Å². The highest BCUT2D eigenvalue weighted by molar-refractivity contribution is 5.89. The Morgan fingerprint density at radius 1 is 0.794 bits per heavy atom. The Labute approximate surface area is 201 Å². The number of phenols is 1. The molecule has 4 N–H and O–H groups in total. The van der Waals surface area contributed by atoms with E-state index >= 15 is 0 Å². The molecule has 0 unspecified atom stereocenters. The molecule has 0 aliphatic carbocycles. The molecule has 0 aromatic heterocycles. The Bertz CT molecular complexity index is 1040. The van der Waals surface area contributed by atoms with Gasteiger partial charge in [0.25, 0.3) is 0 Å². The van der Waals surface area contributed by atoms with E-state index in [1.54, 1.807) is 25.1 Å². The maximum atomic E-state index is 13.1. The van der Waals surface area contributed by atoms with Crippen LogP contribution in [-0.4, -0.2) is 35.5 Å². The van der Waals surface area contributed by atoms with Crippen LogP contribution in [0.4, 0.5) is 0 Å². The van der Waals surface area contributed by atoms with Crippen LogP contribution in [0.15, 0.2) is 84.9 Å². The molecule has 3 rings (SSSR count). The Balaban J connectivity index is 1.54. The summed E-state index contributed by atoms with van der Waals surface area (Å²) < 4.78 is 0. The van der Waals surface area contributed by atoms with Gasteiger partial charge in [0.1, 0.15) is 11.8 Å². The third-order valence-corrected chi connectivity index (χ3v) is 5.66. The Morgan fingerprint density at radius 2 is 1.44 bits per heavy atom. The lowest BCUT2D eigenvalue weighted by Crippen LogP contribution is -2.52. The minimum atomic E-state index is -0.650. The van der Waals surface area contributed by atoms with Crippen LogP contribution in [0, 0.1) is 0 Å². The van der Waals surface area contributed by atoms with E-state index in [-0.39, 0.29) is 17.6 Å². The van der Waals surface area contributed by atoms with Gasteiger partial charge in [-0.15, -0.1) is 0 Å².